The molecular weight excluding hydrogens is 395 g/mol. The van der Waals surface area contributed by atoms with Crippen molar-refractivity contribution in [1.29, 1.82) is 0 Å². The number of alkyl halides is 3. The quantitative estimate of drug-likeness (QED) is 0.778. The van der Waals surface area contributed by atoms with Crippen molar-refractivity contribution < 1.29 is 17.7 Å². The molecule has 2 aliphatic rings. The first-order valence-electron chi connectivity index (χ1n) is 10.6. The van der Waals surface area contributed by atoms with E-state index in [2.05, 4.69) is 46.7 Å². The molecule has 166 valence electrons. The van der Waals surface area contributed by atoms with Gasteiger partial charge in [-0.15, -0.1) is 0 Å². The number of hydrogen-bond acceptors (Lipinski definition) is 6. The van der Waals surface area contributed by atoms with E-state index in [4.69, 9.17) is 4.52 Å². The Hall–Kier alpha value is -1.71. The van der Waals surface area contributed by atoms with Crippen LogP contribution < -0.4 is 10.9 Å². The zero-order chi connectivity index (χ0) is 21.7. The summed E-state index contributed by atoms with van der Waals surface area (Å²) in [5, 5.41) is 3.67. The van der Waals surface area contributed by atoms with Gasteiger partial charge in [0.2, 0.25) is 0 Å². The van der Waals surface area contributed by atoms with E-state index >= 15 is 0 Å². The van der Waals surface area contributed by atoms with Crippen LogP contribution in [0.1, 0.15) is 56.5 Å². The third-order valence-corrected chi connectivity index (χ3v) is 6.47. The Morgan fingerprint density at radius 3 is 2.53 bits per heavy atom. The predicted octanol–water partition coefficient (Wildman–Crippen LogP) is 3.87. The average Bonchev–Trinajstić information content (AvgIpc) is 3.28. The lowest BCUT2D eigenvalue weighted by Crippen LogP contribution is -2.46. The number of pyridine rings is 1. The van der Waals surface area contributed by atoms with Crippen LogP contribution in [-0.4, -0.2) is 47.3 Å². The Labute approximate surface area is 174 Å². The van der Waals surface area contributed by atoms with Gasteiger partial charge in [-0.2, -0.15) is 13.2 Å². The highest BCUT2D eigenvalue weighted by Gasteiger charge is 2.38. The van der Waals surface area contributed by atoms with Crippen molar-refractivity contribution >= 4 is 11.1 Å². The summed E-state index contributed by atoms with van der Waals surface area (Å²) in [6.07, 6.45) is -2.88. The standard InChI is InChI=1S/C21H30F3N5O/c1-12-17-15(21(22,23)24)9-16(26-19(17)30-28-12)13-5-7-29(8-6-13)11-14-10-25-27-18(14)20(2,3)4/h9,13-14,18,25,27H,5-8,10-11H2,1-4H3. The second-order valence-corrected chi connectivity index (χ2v) is 9.74. The summed E-state index contributed by atoms with van der Waals surface area (Å²) in [5.41, 5.74) is 6.81. The van der Waals surface area contributed by atoms with Crippen LogP contribution in [0.15, 0.2) is 10.6 Å². The van der Waals surface area contributed by atoms with E-state index in [1.807, 2.05) is 0 Å². The molecule has 30 heavy (non-hydrogen) atoms. The summed E-state index contributed by atoms with van der Waals surface area (Å²) in [6.45, 7) is 11.9. The predicted molar refractivity (Wildman–Crippen MR) is 108 cm³/mol. The number of fused-ring (bicyclic) bond motifs is 1. The van der Waals surface area contributed by atoms with Gasteiger partial charge in [0.15, 0.2) is 0 Å². The molecule has 0 saturated carbocycles. The summed E-state index contributed by atoms with van der Waals surface area (Å²) in [7, 11) is 0. The normalized spacial score (nSPS) is 24.8. The number of piperidine rings is 1. The van der Waals surface area contributed by atoms with Gasteiger partial charge in [-0.05, 0) is 44.3 Å². The van der Waals surface area contributed by atoms with Crippen molar-refractivity contribution in [3.63, 3.8) is 0 Å². The third-order valence-electron chi connectivity index (χ3n) is 6.47. The first-order chi connectivity index (χ1) is 14.0. The molecule has 2 fully saturated rings. The second-order valence-electron chi connectivity index (χ2n) is 9.74. The minimum Gasteiger partial charge on any atom is -0.336 e. The molecule has 2 N–H and O–H groups in total. The summed E-state index contributed by atoms with van der Waals surface area (Å²) >= 11 is 0. The number of halogens is 3. The number of likely N-dealkylation sites (tertiary alicyclic amines) is 1. The number of nitrogens with zero attached hydrogens (tertiary/aromatic N) is 3. The SMILES string of the molecule is Cc1noc2nc(C3CCN(CC4CNNC4C(C)(C)C)CC3)cc(C(F)(F)F)c12. The number of rotatable bonds is 3. The smallest absolute Gasteiger partial charge is 0.336 e. The molecule has 2 saturated heterocycles. The molecule has 0 radical (unpaired) electrons. The molecule has 9 heteroatoms. The molecule has 2 aromatic heterocycles. The van der Waals surface area contributed by atoms with E-state index in [0.29, 0.717) is 17.7 Å². The highest BCUT2D eigenvalue weighted by Crippen LogP contribution is 2.39. The minimum atomic E-state index is -4.46. The van der Waals surface area contributed by atoms with Gasteiger partial charge in [0.1, 0.15) is 0 Å². The molecule has 2 aliphatic heterocycles. The van der Waals surface area contributed by atoms with Crippen LogP contribution >= 0.6 is 0 Å². The lowest BCUT2D eigenvalue weighted by molar-refractivity contribution is -0.136. The van der Waals surface area contributed by atoms with Crippen LogP contribution in [0.2, 0.25) is 0 Å². The number of aryl methyl sites for hydroxylation is 1. The fourth-order valence-electron chi connectivity index (χ4n) is 4.92. The third kappa shape index (κ3) is 4.20. The zero-order valence-electron chi connectivity index (χ0n) is 17.9. The maximum Gasteiger partial charge on any atom is 0.417 e. The van der Waals surface area contributed by atoms with E-state index in [-0.39, 0.29) is 28.1 Å². The van der Waals surface area contributed by atoms with Crippen molar-refractivity contribution in [2.45, 2.75) is 58.7 Å². The van der Waals surface area contributed by atoms with E-state index in [1.54, 1.807) is 0 Å². The first-order valence-corrected chi connectivity index (χ1v) is 10.6. The molecule has 0 spiro atoms. The van der Waals surface area contributed by atoms with Crippen molar-refractivity contribution in [3.05, 3.63) is 23.0 Å². The minimum absolute atomic E-state index is 0.00426. The Morgan fingerprint density at radius 1 is 1.20 bits per heavy atom. The number of aromatic nitrogens is 2. The highest BCUT2D eigenvalue weighted by atomic mass is 19.4. The summed E-state index contributed by atoms with van der Waals surface area (Å²) < 4.78 is 46.0. The molecular formula is C21H30F3N5O. The fraction of sp³-hybridized carbons (Fsp3) is 0.714. The summed E-state index contributed by atoms with van der Waals surface area (Å²) in [5.74, 6) is 0.500. The van der Waals surface area contributed by atoms with Crippen LogP contribution in [-0.2, 0) is 6.18 Å². The lowest BCUT2D eigenvalue weighted by atomic mass is 9.79. The molecule has 0 aromatic carbocycles. The van der Waals surface area contributed by atoms with Crippen molar-refractivity contribution in [2.75, 3.05) is 26.2 Å². The van der Waals surface area contributed by atoms with E-state index < -0.39 is 11.7 Å². The van der Waals surface area contributed by atoms with Crippen LogP contribution in [0.3, 0.4) is 0 Å². The molecule has 0 amide bonds. The average molecular weight is 425 g/mol. The highest BCUT2D eigenvalue weighted by molar-refractivity contribution is 5.80. The van der Waals surface area contributed by atoms with Gasteiger partial charge in [-0.3, -0.25) is 10.9 Å². The molecule has 0 bridgehead atoms. The Balaban J connectivity index is 1.46. The van der Waals surface area contributed by atoms with Crippen LogP contribution in [0, 0.1) is 18.3 Å². The summed E-state index contributed by atoms with van der Waals surface area (Å²) in [6, 6.07) is 1.59. The van der Waals surface area contributed by atoms with Gasteiger partial charge in [0.25, 0.3) is 5.71 Å². The van der Waals surface area contributed by atoms with Gasteiger partial charge < -0.3 is 9.42 Å². The van der Waals surface area contributed by atoms with Crippen molar-refractivity contribution in [3.8, 4) is 0 Å². The molecule has 2 atom stereocenters. The maximum absolute atomic E-state index is 13.6. The number of nitrogens with one attached hydrogen (secondary N) is 2. The Bertz CT molecular complexity index is 896. The molecule has 0 aliphatic carbocycles. The van der Waals surface area contributed by atoms with E-state index in [0.717, 1.165) is 39.0 Å². The van der Waals surface area contributed by atoms with Gasteiger partial charge >= 0.3 is 6.18 Å². The van der Waals surface area contributed by atoms with Crippen molar-refractivity contribution in [1.82, 2.24) is 25.9 Å². The molecule has 2 aromatic rings. The largest absolute Gasteiger partial charge is 0.417 e. The summed E-state index contributed by atoms with van der Waals surface area (Å²) in [4.78, 5) is 6.83. The molecule has 4 heterocycles. The van der Waals surface area contributed by atoms with Gasteiger partial charge in [-0.1, -0.05) is 25.9 Å². The monoisotopic (exact) mass is 425 g/mol. The van der Waals surface area contributed by atoms with E-state index in [1.165, 1.54) is 13.0 Å². The Morgan fingerprint density at radius 2 is 1.90 bits per heavy atom. The molecule has 6 nitrogen and oxygen atoms in total. The Kier molecular flexibility index (Phi) is 5.57. The van der Waals surface area contributed by atoms with Crippen molar-refractivity contribution in [2.24, 2.45) is 11.3 Å². The molecule has 2 unspecified atom stereocenters. The second kappa shape index (κ2) is 7.76. The van der Waals surface area contributed by atoms with Gasteiger partial charge in [-0.25, -0.2) is 4.98 Å². The van der Waals surface area contributed by atoms with E-state index in [9.17, 15) is 13.2 Å². The van der Waals surface area contributed by atoms with Gasteiger partial charge in [0, 0.05) is 36.7 Å². The van der Waals surface area contributed by atoms with Crippen LogP contribution in [0.4, 0.5) is 13.2 Å². The van der Waals surface area contributed by atoms with Gasteiger partial charge in [0.05, 0.1) is 16.6 Å². The first kappa shape index (κ1) is 21.5. The van der Waals surface area contributed by atoms with Crippen LogP contribution in [0.5, 0.6) is 0 Å². The topological polar surface area (TPSA) is 66.2 Å². The zero-order valence-corrected chi connectivity index (χ0v) is 17.9. The number of hydrazine groups is 1. The maximum atomic E-state index is 13.6. The molecule has 4 rings (SSSR count). The van der Waals surface area contributed by atoms with Crippen LogP contribution in [0.25, 0.3) is 11.1 Å². The number of hydrogen-bond donors (Lipinski definition) is 2. The fourth-order valence-corrected chi connectivity index (χ4v) is 4.92. The lowest BCUT2D eigenvalue weighted by Gasteiger charge is -2.37.